The quantitative estimate of drug-likeness (QED) is 0.906. The Morgan fingerprint density at radius 2 is 2.29 bits per heavy atom. The Morgan fingerprint density at radius 3 is 3.00 bits per heavy atom. The van der Waals surface area contributed by atoms with Gasteiger partial charge in [0.15, 0.2) is 0 Å². The lowest BCUT2D eigenvalue weighted by Gasteiger charge is -2.02. The zero-order valence-corrected chi connectivity index (χ0v) is 10.5. The molecule has 2 N–H and O–H groups in total. The van der Waals surface area contributed by atoms with Crippen molar-refractivity contribution in [3.05, 3.63) is 51.7 Å². The van der Waals surface area contributed by atoms with Crippen molar-refractivity contribution in [3.8, 4) is 0 Å². The van der Waals surface area contributed by atoms with E-state index < -0.39 is 0 Å². The minimum atomic E-state index is -0.199. The first-order valence-electron chi connectivity index (χ1n) is 5.58. The van der Waals surface area contributed by atoms with E-state index in [0.29, 0.717) is 18.9 Å². The molecular formula is C13H15FN2S. The fraction of sp³-hybridized carbons (Fsp3) is 0.308. The zero-order chi connectivity index (χ0) is 12.3. The van der Waals surface area contributed by atoms with E-state index in [2.05, 4.69) is 11.9 Å². The van der Waals surface area contributed by atoms with E-state index in [1.165, 1.54) is 10.9 Å². The number of benzene rings is 1. The number of nitrogens with two attached hydrogens (primary N) is 1. The van der Waals surface area contributed by atoms with Gasteiger partial charge in [-0.05, 0) is 24.2 Å². The number of nitrogens with zero attached hydrogens (tertiary/aromatic N) is 1. The van der Waals surface area contributed by atoms with Crippen LogP contribution in [0.15, 0.2) is 30.5 Å². The van der Waals surface area contributed by atoms with E-state index in [-0.39, 0.29) is 5.82 Å². The smallest absolute Gasteiger partial charge is 0.123 e. The summed E-state index contributed by atoms with van der Waals surface area (Å²) < 4.78 is 13.0. The van der Waals surface area contributed by atoms with Crippen molar-refractivity contribution >= 4 is 11.3 Å². The largest absolute Gasteiger partial charge is 0.330 e. The lowest BCUT2D eigenvalue weighted by molar-refractivity contribution is 0.626. The fourth-order valence-corrected chi connectivity index (χ4v) is 2.59. The van der Waals surface area contributed by atoms with Crippen LogP contribution < -0.4 is 5.73 Å². The summed E-state index contributed by atoms with van der Waals surface area (Å²) in [6.45, 7) is 2.71. The molecular weight excluding hydrogens is 235 g/mol. The van der Waals surface area contributed by atoms with Gasteiger partial charge in [0.25, 0.3) is 0 Å². The van der Waals surface area contributed by atoms with Gasteiger partial charge < -0.3 is 5.73 Å². The normalized spacial score (nSPS) is 12.6. The first kappa shape index (κ1) is 12.2. The van der Waals surface area contributed by atoms with Crippen LogP contribution in [-0.2, 0) is 6.42 Å². The second-order valence-electron chi connectivity index (χ2n) is 4.10. The van der Waals surface area contributed by atoms with Gasteiger partial charge in [-0.3, -0.25) is 0 Å². The van der Waals surface area contributed by atoms with E-state index in [1.54, 1.807) is 23.5 Å². The Labute approximate surface area is 104 Å². The number of rotatable bonds is 4. The van der Waals surface area contributed by atoms with Gasteiger partial charge in [0.2, 0.25) is 0 Å². The molecule has 0 amide bonds. The lowest BCUT2D eigenvalue weighted by atomic mass is 10.1. The maximum Gasteiger partial charge on any atom is 0.123 e. The van der Waals surface area contributed by atoms with E-state index in [9.17, 15) is 4.39 Å². The summed E-state index contributed by atoms with van der Waals surface area (Å²) >= 11 is 1.65. The van der Waals surface area contributed by atoms with E-state index in [1.807, 2.05) is 12.3 Å². The standard InChI is InChI=1S/C13H15FN2S/c1-9(7-15)12-8-16-13(17-12)6-10-3-2-4-11(14)5-10/h2-5,8-9H,6-7,15H2,1H3. The van der Waals surface area contributed by atoms with Gasteiger partial charge in [-0.15, -0.1) is 11.3 Å². The van der Waals surface area contributed by atoms with Gasteiger partial charge in [-0.1, -0.05) is 19.1 Å². The summed E-state index contributed by atoms with van der Waals surface area (Å²) in [4.78, 5) is 5.54. The van der Waals surface area contributed by atoms with E-state index in [0.717, 1.165) is 10.6 Å². The van der Waals surface area contributed by atoms with Gasteiger partial charge in [-0.25, -0.2) is 9.37 Å². The molecule has 4 heteroatoms. The Morgan fingerprint density at radius 1 is 1.47 bits per heavy atom. The fourth-order valence-electron chi connectivity index (χ4n) is 1.57. The number of hydrogen-bond donors (Lipinski definition) is 1. The molecule has 0 bridgehead atoms. The number of halogens is 1. The van der Waals surface area contributed by atoms with Gasteiger partial charge in [-0.2, -0.15) is 0 Å². The highest BCUT2D eigenvalue weighted by Gasteiger charge is 2.08. The average molecular weight is 250 g/mol. The summed E-state index contributed by atoms with van der Waals surface area (Å²) in [5.41, 5.74) is 6.57. The highest BCUT2D eigenvalue weighted by molar-refractivity contribution is 7.11. The van der Waals surface area contributed by atoms with Crippen LogP contribution in [0.4, 0.5) is 4.39 Å². The molecule has 1 atom stereocenters. The van der Waals surface area contributed by atoms with Crippen LogP contribution in [0.2, 0.25) is 0 Å². The minimum Gasteiger partial charge on any atom is -0.330 e. The Bertz CT molecular complexity index is 496. The molecule has 0 radical (unpaired) electrons. The van der Waals surface area contributed by atoms with Crippen LogP contribution in [-0.4, -0.2) is 11.5 Å². The van der Waals surface area contributed by atoms with Crippen LogP contribution in [0.25, 0.3) is 0 Å². The van der Waals surface area contributed by atoms with Crippen LogP contribution in [0, 0.1) is 5.82 Å². The molecule has 0 aliphatic rings. The number of aromatic nitrogens is 1. The van der Waals surface area contributed by atoms with Crippen LogP contribution in [0.3, 0.4) is 0 Å². The highest BCUT2D eigenvalue weighted by atomic mass is 32.1. The Kier molecular flexibility index (Phi) is 3.86. The Hall–Kier alpha value is -1.26. The van der Waals surface area contributed by atoms with Gasteiger partial charge >= 0.3 is 0 Å². The summed E-state index contributed by atoms with van der Waals surface area (Å²) in [7, 11) is 0. The zero-order valence-electron chi connectivity index (χ0n) is 9.69. The summed E-state index contributed by atoms with van der Waals surface area (Å²) in [5, 5.41) is 1.01. The molecule has 2 nitrogen and oxygen atoms in total. The predicted octanol–water partition coefficient (Wildman–Crippen LogP) is 2.94. The summed E-state index contributed by atoms with van der Waals surface area (Å²) in [6.07, 6.45) is 2.55. The van der Waals surface area contributed by atoms with Gasteiger partial charge in [0.1, 0.15) is 5.82 Å². The van der Waals surface area contributed by atoms with Crippen molar-refractivity contribution in [1.82, 2.24) is 4.98 Å². The maximum atomic E-state index is 13.0. The van der Waals surface area contributed by atoms with Crippen molar-refractivity contribution in [2.75, 3.05) is 6.54 Å². The molecule has 0 fully saturated rings. The predicted molar refractivity (Wildman–Crippen MR) is 68.8 cm³/mol. The van der Waals surface area contributed by atoms with Gasteiger partial charge in [0, 0.05) is 23.4 Å². The molecule has 17 heavy (non-hydrogen) atoms. The van der Waals surface area contributed by atoms with Crippen LogP contribution in [0.5, 0.6) is 0 Å². The first-order chi connectivity index (χ1) is 8.19. The average Bonchev–Trinajstić information content (AvgIpc) is 2.76. The molecule has 1 unspecified atom stereocenters. The molecule has 1 heterocycles. The highest BCUT2D eigenvalue weighted by Crippen LogP contribution is 2.23. The first-order valence-corrected chi connectivity index (χ1v) is 6.40. The minimum absolute atomic E-state index is 0.199. The van der Waals surface area contributed by atoms with E-state index >= 15 is 0 Å². The monoisotopic (exact) mass is 250 g/mol. The molecule has 0 saturated carbocycles. The lowest BCUT2D eigenvalue weighted by Crippen LogP contribution is -2.07. The molecule has 90 valence electrons. The molecule has 0 aliphatic heterocycles. The molecule has 1 aromatic carbocycles. The van der Waals surface area contributed by atoms with E-state index in [4.69, 9.17) is 5.73 Å². The molecule has 0 saturated heterocycles. The van der Waals surface area contributed by atoms with Crippen molar-refractivity contribution < 1.29 is 4.39 Å². The van der Waals surface area contributed by atoms with Crippen molar-refractivity contribution in [2.24, 2.45) is 5.73 Å². The number of hydrogen-bond acceptors (Lipinski definition) is 3. The second kappa shape index (κ2) is 5.38. The topological polar surface area (TPSA) is 38.9 Å². The molecule has 1 aromatic heterocycles. The van der Waals surface area contributed by atoms with Crippen LogP contribution >= 0.6 is 11.3 Å². The number of thiazole rings is 1. The molecule has 2 aromatic rings. The van der Waals surface area contributed by atoms with Gasteiger partial charge in [0.05, 0.1) is 5.01 Å². The summed E-state index contributed by atoms with van der Waals surface area (Å²) in [6, 6.07) is 6.64. The SMILES string of the molecule is CC(CN)c1cnc(Cc2cccc(F)c2)s1. The molecule has 2 rings (SSSR count). The third-order valence-electron chi connectivity index (χ3n) is 2.66. The van der Waals surface area contributed by atoms with Crippen molar-refractivity contribution in [2.45, 2.75) is 19.3 Å². The molecule has 0 aliphatic carbocycles. The van der Waals surface area contributed by atoms with Crippen molar-refractivity contribution in [3.63, 3.8) is 0 Å². The third kappa shape index (κ3) is 3.11. The summed E-state index contributed by atoms with van der Waals surface area (Å²) in [5.74, 6) is 0.142. The van der Waals surface area contributed by atoms with Crippen LogP contribution in [0.1, 0.15) is 28.3 Å². The molecule has 0 spiro atoms. The maximum absolute atomic E-state index is 13.0. The van der Waals surface area contributed by atoms with Crippen molar-refractivity contribution in [1.29, 1.82) is 0 Å². The second-order valence-corrected chi connectivity index (χ2v) is 5.25. The third-order valence-corrected chi connectivity index (χ3v) is 3.88. The Balaban J connectivity index is 2.11.